The quantitative estimate of drug-likeness (QED) is 0.367. The molecule has 1 N–H and O–H groups in total. The molecule has 12 nitrogen and oxygen atoms in total. The SMILES string of the molecule is CCCOc1ccc(S(=O)(=O)N2CCN(C)CC2)cc1-c1nc2c([nH]1)c1nnc(C)n1c(=O)n2CCC. The van der Waals surface area contributed by atoms with Crippen molar-refractivity contribution in [1.82, 2.24) is 38.3 Å². The Kier molecular flexibility index (Phi) is 6.77. The average Bonchev–Trinajstić information content (AvgIpc) is 3.49. The van der Waals surface area contributed by atoms with Crippen molar-refractivity contribution in [2.75, 3.05) is 39.8 Å². The van der Waals surface area contributed by atoms with Crippen molar-refractivity contribution in [3.8, 4) is 17.1 Å². The number of nitrogens with zero attached hydrogens (tertiary/aromatic N) is 7. The molecule has 13 heteroatoms. The second-order valence-corrected chi connectivity index (χ2v) is 11.3. The first kappa shape index (κ1) is 25.4. The molecule has 0 radical (unpaired) electrons. The van der Waals surface area contributed by atoms with Crippen LogP contribution in [-0.2, 0) is 16.6 Å². The van der Waals surface area contributed by atoms with E-state index in [1.807, 2.05) is 20.9 Å². The predicted octanol–water partition coefficient (Wildman–Crippen LogP) is 1.88. The van der Waals surface area contributed by atoms with E-state index in [-0.39, 0.29) is 10.6 Å². The lowest BCUT2D eigenvalue weighted by molar-refractivity contribution is 0.222. The van der Waals surface area contributed by atoms with Crippen molar-refractivity contribution in [1.29, 1.82) is 0 Å². The number of aryl methyl sites for hydroxylation is 2. The maximum Gasteiger partial charge on any atom is 0.337 e. The van der Waals surface area contributed by atoms with Gasteiger partial charge in [-0.25, -0.2) is 22.6 Å². The van der Waals surface area contributed by atoms with Gasteiger partial charge >= 0.3 is 5.69 Å². The molecule has 4 heterocycles. The van der Waals surface area contributed by atoms with Crippen LogP contribution in [0.15, 0.2) is 27.9 Å². The van der Waals surface area contributed by atoms with Crippen LogP contribution >= 0.6 is 0 Å². The van der Waals surface area contributed by atoms with E-state index < -0.39 is 10.0 Å². The van der Waals surface area contributed by atoms with E-state index in [2.05, 4.69) is 20.1 Å². The minimum atomic E-state index is -3.71. The molecule has 0 saturated carbocycles. The van der Waals surface area contributed by atoms with E-state index in [0.717, 1.165) is 12.8 Å². The standard InChI is InChI=1S/C24H32N8O4S/c1-5-9-31-22-20(23-28-27-16(3)32(23)24(31)33)25-21(26-22)18-15-17(7-8-19(18)36-14-6-2)37(34,35)30-12-10-29(4)11-13-30/h7-8,15H,5-6,9-14H2,1-4H3,(H,25,26). The molecule has 1 aromatic carbocycles. The topological polar surface area (TPSA) is 131 Å². The van der Waals surface area contributed by atoms with Gasteiger partial charge < -0.3 is 14.6 Å². The Labute approximate surface area is 214 Å². The zero-order valence-electron chi connectivity index (χ0n) is 21.6. The number of rotatable bonds is 8. The maximum absolute atomic E-state index is 13.5. The van der Waals surface area contributed by atoms with E-state index in [4.69, 9.17) is 9.72 Å². The molecule has 4 aromatic rings. The van der Waals surface area contributed by atoms with Gasteiger partial charge in [0, 0.05) is 32.7 Å². The van der Waals surface area contributed by atoms with Crippen molar-refractivity contribution in [3.63, 3.8) is 0 Å². The van der Waals surface area contributed by atoms with Gasteiger partial charge in [-0.05, 0) is 45.0 Å². The van der Waals surface area contributed by atoms with Crippen molar-refractivity contribution < 1.29 is 13.2 Å². The first-order chi connectivity index (χ1) is 17.8. The third kappa shape index (κ3) is 4.40. The molecule has 0 spiro atoms. The fourth-order valence-corrected chi connectivity index (χ4v) is 6.05. The number of benzene rings is 1. The number of piperazine rings is 1. The van der Waals surface area contributed by atoms with Crippen LogP contribution < -0.4 is 10.4 Å². The number of aromatic nitrogens is 6. The number of ether oxygens (including phenoxy) is 1. The molecule has 0 atom stereocenters. The lowest BCUT2D eigenvalue weighted by atomic mass is 10.2. The van der Waals surface area contributed by atoms with Gasteiger partial charge in [0.2, 0.25) is 10.0 Å². The molecular weight excluding hydrogens is 496 g/mol. The summed E-state index contributed by atoms with van der Waals surface area (Å²) in [5.74, 6) is 1.39. The molecule has 0 unspecified atom stereocenters. The first-order valence-electron chi connectivity index (χ1n) is 12.6. The highest BCUT2D eigenvalue weighted by atomic mass is 32.2. The number of fused-ring (bicyclic) bond motifs is 3. The predicted molar refractivity (Wildman–Crippen MR) is 139 cm³/mol. The molecule has 1 fully saturated rings. The molecule has 0 amide bonds. The van der Waals surface area contributed by atoms with Gasteiger partial charge in [0.1, 0.15) is 22.9 Å². The van der Waals surface area contributed by atoms with Crippen LogP contribution in [0.5, 0.6) is 5.75 Å². The number of imidazole rings is 1. The number of H-pyrrole nitrogens is 1. The van der Waals surface area contributed by atoms with E-state index >= 15 is 0 Å². The molecule has 198 valence electrons. The van der Waals surface area contributed by atoms with Gasteiger partial charge in [0.25, 0.3) is 0 Å². The maximum atomic E-state index is 13.5. The summed E-state index contributed by atoms with van der Waals surface area (Å²) in [6.45, 7) is 8.85. The van der Waals surface area contributed by atoms with E-state index in [9.17, 15) is 13.2 Å². The Morgan fingerprint density at radius 2 is 1.81 bits per heavy atom. The Bertz CT molecular complexity index is 1610. The largest absolute Gasteiger partial charge is 0.493 e. The number of nitrogens with one attached hydrogen (secondary N) is 1. The minimum Gasteiger partial charge on any atom is -0.493 e. The Balaban J connectivity index is 1.69. The Hall–Kier alpha value is -3.29. The molecule has 0 bridgehead atoms. The number of hydrogen-bond donors (Lipinski definition) is 1. The number of aromatic amines is 1. The summed E-state index contributed by atoms with van der Waals surface area (Å²) in [6, 6.07) is 4.86. The summed E-state index contributed by atoms with van der Waals surface area (Å²) in [4.78, 5) is 23.6. The molecule has 1 saturated heterocycles. The van der Waals surface area contributed by atoms with Gasteiger partial charge in [0.05, 0.1) is 17.1 Å². The second-order valence-electron chi connectivity index (χ2n) is 9.34. The molecule has 3 aromatic heterocycles. The molecule has 1 aliphatic heterocycles. The molecular formula is C24H32N8O4S. The van der Waals surface area contributed by atoms with Gasteiger partial charge in [-0.15, -0.1) is 10.2 Å². The zero-order valence-corrected chi connectivity index (χ0v) is 22.4. The monoisotopic (exact) mass is 528 g/mol. The first-order valence-corrected chi connectivity index (χ1v) is 14.0. The highest BCUT2D eigenvalue weighted by Crippen LogP contribution is 2.33. The van der Waals surface area contributed by atoms with Gasteiger partial charge in [-0.1, -0.05) is 13.8 Å². The molecule has 5 rings (SSSR count). The minimum absolute atomic E-state index is 0.172. The number of sulfonamides is 1. The lowest BCUT2D eigenvalue weighted by Gasteiger charge is -2.31. The van der Waals surface area contributed by atoms with Crippen LogP contribution in [0.2, 0.25) is 0 Å². The number of hydrogen-bond acceptors (Lipinski definition) is 8. The third-order valence-electron chi connectivity index (χ3n) is 6.63. The molecule has 1 aliphatic rings. The van der Waals surface area contributed by atoms with Crippen LogP contribution in [0.3, 0.4) is 0 Å². The Morgan fingerprint density at radius 1 is 1.05 bits per heavy atom. The summed E-state index contributed by atoms with van der Waals surface area (Å²) >= 11 is 0. The van der Waals surface area contributed by atoms with Gasteiger partial charge in [0.15, 0.2) is 11.3 Å². The van der Waals surface area contributed by atoms with Gasteiger partial charge in [-0.3, -0.25) is 4.57 Å². The van der Waals surface area contributed by atoms with Crippen molar-refractivity contribution >= 4 is 26.8 Å². The summed E-state index contributed by atoms with van der Waals surface area (Å²) in [5, 5.41) is 8.29. The van der Waals surface area contributed by atoms with Crippen LogP contribution in [0.4, 0.5) is 0 Å². The van der Waals surface area contributed by atoms with E-state index in [1.54, 1.807) is 29.7 Å². The third-order valence-corrected chi connectivity index (χ3v) is 8.52. The fraction of sp³-hybridized carbons (Fsp3) is 0.500. The highest BCUT2D eigenvalue weighted by molar-refractivity contribution is 7.89. The molecule has 0 aliphatic carbocycles. The lowest BCUT2D eigenvalue weighted by Crippen LogP contribution is -2.47. The van der Waals surface area contributed by atoms with Crippen molar-refractivity contribution in [2.24, 2.45) is 0 Å². The van der Waals surface area contributed by atoms with Gasteiger partial charge in [-0.2, -0.15) is 4.31 Å². The zero-order chi connectivity index (χ0) is 26.3. The normalized spacial score (nSPS) is 15.7. The fourth-order valence-electron chi connectivity index (χ4n) is 4.60. The molecule has 37 heavy (non-hydrogen) atoms. The van der Waals surface area contributed by atoms with Crippen LogP contribution in [0, 0.1) is 6.92 Å². The summed E-state index contributed by atoms with van der Waals surface area (Å²) < 4.78 is 37.6. The van der Waals surface area contributed by atoms with Crippen LogP contribution in [-0.4, -0.2) is 86.6 Å². The summed E-state index contributed by atoms with van der Waals surface area (Å²) in [7, 11) is -1.73. The van der Waals surface area contributed by atoms with E-state index in [1.165, 1.54) is 8.71 Å². The van der Waals surface area contributed by atoms with Crippen LogP contribution in [0.25, 0.3) is 28.2 Å². The average molecular weight is 529 g/mol. The summed E-state index contributed by atoms with van der Waals surface area (Å²) in [6.07, 6.45) is 1.52. The summed E-state index contributed by atoms with van der Waals surface area (Å²) in [5.41, 5.74) is 1.61. The Morgan fingerprint density at radius 3 is 2.51 bits per heavy atom. The van der Waals surface area contributed by atoms with E-state index in [0.29, 0.717) is 79.1 Å². The smallest absolute Gasteiger partial charge is 0.337 e. The van der Waals surface area contributed by atoms with Crippen molar-refractivity contribution in [3.05, 3.63) is 34.5 Å². The highest BCUT2D eigenvalue weighted by Gasteiger charge is 2.29. The second kappa shape index (κ2) is 9.88. The van der Waals surface area contributed by atoms with Crippen LogP contribution in [0.1, 0.15) is 32.5 Å². The number of likely N-dealkylation sites (N-methyl/N-ethyl adjacent to an activating group) is 1. The van der Waals surface area contributed by atoms with Crippen molar-refractivity contribution in [2.45, 2.75) is 45.1 Å².